The van der Waals surface area contributed by atoms with Crippen LogP contribution in [0.2, 0.25) is 5.04 Å². The molecular weight excluding hydrogens is 428 g/mol. The van der Waals surface area contributed by atoms with Crippen molar-refractivity contribution >= 4 is 35.7 Å². The number of hydrogen-bond donors (Lipinski definition) is 1. The molecule has 0 amide bonds. The van der Waals surface area contributed by atoms with Crippen LogP contribution in [-0.2, 0) is 18.2 Å². The molecule has 1 heterocycles. The minimum Gasteiger partial charge on any atom is -0.465 e. The normalized spacial score (nSPS) is 12.2. The number of esters is 1. The molecule has 3 aromatic carbocycles. The van der Waals surface area contributed by atoms with Gasteiger partial charge in [-0.1, -0.05) is 74.5 Å². The molecule has 0 aliphatic heterocycles. The van der Waals surface area contributed by atoms with Crippen LogP contribution in [0.3, 0.4) is 0 Å². The topological polar surface area (TPSA) is 64.3 Å². The van der Waals surface area contributed by atoms with Gasteiger partial charge in [-0.25, -0.2) is 9.78 Å². The van der Waals surface area contributed by atoms with E-state index in [9.17, 15) is 9.59 Å². The van der Waals surface area contributed by atoms with Crippen LogP contribution in [0.5, 0.6) is 0 Å². The highest BCUT2D eigenvalue weighted by Gasteiger charge is 2.50. The maximum atomic E-state index is 12.9. The largest absolute Gasteiger partial charge is 0.465 e. The van der Waals surface area contributed by atoms with Crippen LogP contribution in [0.15, 0.2) is 73.1 Å². The van der Waals surface area contributed by atoms with Crippen molar-refractivity contribution in [2.75, 3.05) is 7.11 Å². The first kappa shape index (κ1) is 23.0. The molecule has 0 spiro atoms. The van der Waals surface area contributed by atoms with Gasteiger partial charge in [-0.2, -0.15) is 0 Å². The van der Waals surface area contributed by atoms with E-state index in [0.29, 0.717) is 12.0 Å². The summed E-state index contributed by atoms with van der Waals surface area (Å²) in [5.74, 6) is -0.379. The molecule has 0 aliphatic carbocycles. The zero-order chi connectivity index (χ0) is 23.8. The second-order valence-electron chi connectivity index (χ2n) is 9.25. The first-order chi connectivity index (χ1) is 15.7. The lowest BCUT2D eigenvalue weighted by molar-refractivity contribution is 0.0598. The van der Waals surface area contributed by atoms with Crippen molar-refractivity contribution in [1.29, 1.82) is 0 Å². The third-order valence-electron chi connectivity index (χ3n) is 6.73. The molecule has 33 heavy (non-hydrogen) atoms. The number of methoxy groups -OCH3 is 1. The third-order valence-corrected chi connectivity index (χ3v) is 11.2. The van der Waals surface area contributed by atoms with E-state index in [1.54, 1.807) is 6.33 Å². The van der Waals surface area contributed by atoms with Crippen molar-refractivity contribution in [3.63, 3.8) is 0 Å². The summed E-state index contributed by atoms with van der Waals surface area (Å²) in [4.78, 5) is 29.9. The summed E-state index contributed by atoms with van der Waals surface area (Å²) in [6.45, 7) is 6.11. The van der Waals surface area contributed by atoms with Crippen LogP contribution >= 0.6 is 0 Å². The second-order valence-corrected chi connectivity index (χ2v) is 13.2. The molecule has 0 unspecified atom stereocenters. The van der Waals surface area contributed by atoms with E-state index in [1.165, 1.54) is 7.11 Å². The highest BCUT2D eigenvalue weighted by molar-refractivity contribution is 6.98. The van der Waals surface area contributed by atoms with Gasteiger partial charge in [0.2, 0.25) is 0 Å². The third kappa shape index (κ3) is 3.79. The van der Waals surface area contributed by atoms with Gasteiger partial charge in [0.05, 0.1) is 30.0 Å². The maximum Gasteiger partial charge on any atom is 0.338 e. The van der Waals surface area contributed by atoms with Crippen LogP contribution in [0.25, 0.3) is 11.0 Å². The number of carbonyl (C=O) groups is 1. The van der Waals surface area contributed by atoms with E-state index in [4.69, 9.17) is 4.74 Å². The lowest BCUT2D eigenvalue weighted by atomic mass is 9.93. The number of aromatic nitrogens is 2. The zero-order valence-electron chi connectivity index (χ0n) is 19.8. The quantitative estimate of drug-likeness (QED) is 0.353. The number of benzene rings is 3. The van der Waals surface area contributed by atoms with Crippen LogP contribution in [0.1, 0.15) is 35.3 Å². The van der Waals surface area contributed by atoms with Gasteiger partial charge in [0.15, 0.2) is 0 Å². The van der Waals surface area contributed by atoms with E-state index in [1.807, 2.05) is 85.3 Å². The molecule has 0 atom stereocenters. The number of nitrogens with zero attached hydrogens (tertiary/aromatic N) is 2. The standard InChI is InChI=1S/C27H30N2O3Si/c1-19-24(26(30)32-5)20(16-23-25(19)28-18-29(23)4)17-27(2,3)33(31,21-12-8-6-9-13-21)22-14-10-7-11-15-22/h6-16,18,31H,17H2,1-5H3. The number of fused-ring (bicyclic) bond motifs is 1. The monoisotopic (exact) mass is 458 g/mol. The molecule has 0 aliphatic rings. The molecule has 0 bridgehead atoms. The Hall–Kier alpha value is -3.22. The summed E-state index contributed by atoms with van der Waals surface area (Å²) in [5.41, 5.74) is 3.94. The van der Waals surface area contributed by atoms with Crippen LogP contribution in [0, 0.1) is 6.92 Å². The van der Waals surface area contributed by atoms with E-state index in [-0.39, 0.29) is 5.97 Å². The van der Waals surface area contributed by atoms with E-state index in [0.717, 1.165) is 32.5 Å². The summed E-state index contributed by atoms with van der Waals surface area (Å²) in [5, 5.41) is 1.34. The second kappa shape index (κ2) is 8.61. The van der Waals surface area contributed by atoms with Gasteiger partial charge in [0.1, 0.15) is 0 Å². The van der Waals surface area contributed by atoms with Crippen molar-refractivity contribution in [1.82, 2.24) is 9.55 Å². The van der Waals surface area contributed by atoms with Crippen LogP contribution in [0.4, 0.5) is 0 Å². The molecule has 5 nitrogen and oxygen atoms in total. The Kier molecular flexibility index (Phi) is 5.99. The molecule has 4 rings (SSSR count). The maximum absolute atomic E-state index is 12.9. The van der Waals surface area contributed by atoms with Gasteiger partial charge >= 0.3 is 5.97 Å². The van der Waals surface area contributed by atoms with Crippen LogP contribution < -0.4 is 10.4 Å². The van der Waals surface area contributed by atoms with Crippen molar-refractivity contribution in [2.45, 2.75) is 32.2 Å². The summed E-state index contributed by atoms with van der Waals surface area (Å²) >= 11 is 0. The molecule has 0 saturated carbocycles. The van der Waals surface area contributed by atoms with Gasteiger partial charge in [-0.05, 0) is 45.9 Å². The van der Waals surface area contributed by atoms with Crippen molar-refractivity contribution in [2.24, 2.45) is 7.05 Å². The Morgan fingerprint density at radius 2 is 1.61 bits per heavy atom. The minimum absolute atomic E-state index is 0.379. The van der Waals surface area contributed by atoms with Gasteiger partial charge in [0, 0.05) is 7.05 Å². The molecule has 6 heteroatoms. The molecule has 1 aromatic heterocycles. The molecule has 0 radical (unpaired) electrons. The highest BCUT2D eigenvalue weighted by Crippen LogP contribution is 2.40. The number of ether oxygens (including phenoxy) is 1. The Morgan fingerprint density at radius 3 is 2.12 bits per heavy atom. The summed E-state index contributed by atoms with van der Waals surface area (Å²) in [7, 11) is 0.109. The Bertz CT molecular complexity index is 1260. The average Bonchev–Trinajstić information content (AvgIpc) is 3.19. The van der Waals surface area contributed by atoms with E-state index < -0.39 is 13.4 Å². The predicted octanol–water partition coefficient (Wildman–Crippen LogP) is 3.74. The fraction of sp³-hybridized carbons (Fsp3) is 0.259. The molecule has 0 fully saturated rings. The summed E-state index contributed by atoms with van der Waals surface area (Å²) in [6, 6.07) is 21.9. The first-order valence-electron chi connectivity index (χ1n) is 11.1. The van der Waals surface area contributed by atoms with Gasteiger partial charge in [-0.3, -0.25) is 0 Å². The Morgan fingerprint density at radius 1 is 1.06 bits per heavy atom. The average molecular weight is 459 g/mol. The molecule has 170 valence electrons. The summed E-state index contributed by atoms with van der Waals surface area (Å²) < 4.78 is 7.11. The molecule has 1 N–H and O–H groups in total. The molecule has 0 saturated heterocycles. The predicted molar refractivity (Wildman–Crippen MR) is 135 cm³/mol. The van der Waals surface area contributed by atoms with Gasteiger partial charge in [0.25, 0.3) is 8.32 Å². The van der Waals surface area contributed by atoms with Crippen LogP contribution in [-0.4, -0.2) is 35.7 Å². The SMILES string of the molecule is COC(=O)c1c(CC(C)(C)[Si](O)(c2ccccc2)c2ccccc2)cc2c(ncn2C)c1C. The zero-order valence-corrected chi connectivity index (χ0v) is 20.8. The number of hydrogen-bond acceptors (Lipinski definition) is 4. The smallest absolute Gasteiger partial charge is 0.338 e. The Balaban J connectivity index is 1.93. The van der Waals surface area contributed by atoms with Gasteiger partial charge in [-0.15, -0.1) is 0 Å². The van der Waals surface area contributed by atoms with Crippen molar-refractivity contribution in [3.8, 4) is 0 Å². The lowest BCUT2D eigenvalue weighted by Crippen LogP contribution is -2.66. The van der Waals surface area contributed by atoms with Crippen molar-refractivity contribution in [3.05, 3.63) is 89.7 Å². The number of carbonyl (C=O) groups excluding carboxylic acids is 1. The van der Waals surface area contributed by atoms with Gasteiger partial charge < -0.3 is 14.1 Å². The van der Waals surface area contributed by atoms with Crippen molar-refractivity contribution < 1.29 is 14.3 Å². The fourth-order valence-corrected chi connectivity index (χ4v) is 8.62. The molecular formula is C27H30N2O3Si. The van der Waals surface area contributed by atoms with E-state index in [2.05, 4.69) is 18.8 Å². The number of rotatable bonds is 6. The highest BCUT2D eigenvalue weighted by atomic mass is 28.4. The lowest BCUT2D eigenvalue weighted by Gasteiger charge is -2.41. The van der Waals surface area contributed by atoms with E-state index >= 15 is 0 Å². The number of aryl methyl sites for hydroxylation is 2. The first-order valence-corrected chi connectivity index (χ1v) is 13.0. The number of imidazole rings is 1. The summed E-state index contributed by atoms with van der Waals surface area (Å²) in [6.07, 6.45) is 2.26. The Labute approximate surface area is 195 Å². The fourth-order valence-electron chi connectivity index (χ4n) is 4.93. The minimum atomic E-state index is -3.24. The molecule has 4 aromatic rings.